The molecule has 4 nitrogen and oxygen atoms in total. The Hall–Kier alpha value is -1.13. The zero-order valence-electron chi connectivity index (χ0n) is 10.7. The molecular weight excluding hydrogens is 271 g/mol. The number of hydrogen-bond acceptors (Lipinski definition) is 3. The van der Waals surface area contributed by atoms with Gasteiger partial charge in [0.25, 0.3) is 0 Å². The summed E-state index contributed by atoms with van der Waals surface area (Å²) >= 11 is 12.3. The van der Waals surface area contributed by atoms with Crippen LogP contribution in [0, 0.1) is 13.8 Å². The molecule has 0 unspecified atom stereocenters. The second-order valence-electron chi connectivity index (χ2n) is 4.45. The third-order valence-corrected chi connectivity index (χ3v) is 3.64. The van der Waals surface area contributed by atoms with E-state index in [1.807, 2.05) is 27.7 Å². The van der Waals surface area contributed by atoms with Crippen LogP contribution >= 0.6 is 23.2 Å². The lowest BCUT2D eigenvalue weighted by Gasteiger charge is -2.13. The molecule has 18 heavy (non-hydrogen) atoms. The molecular formula is C12H14Cl2N4. The van der Waals surface area contributed by atoms with Crippen LogP contribution < -0.4 is 0 Å². The first kappa shape index (κ1) is 13.3. The first-order valence-corrected chi connectivity index (χ1v) is 6.41. The molecule has 0 radical (unpaired) electrons. The van der Waals surface area contributed by atoms with Crippen molar-refractivity contribution in [2.24, 2.45) is 0 Å². The molecule has 0 aromatic carbocycles. The summed E-state index contributed by atoms with van der Waals surface area (Å²) in [4.78, 5) is 8.32. The first-order valence-electron chi connectivity index (χ1n) is 5.66. The fourth-order valence-corrected chi connectivity index (χ4v) is 2.32. The normalized spacial score (nSPS) is 11.3. The number of aromatic nitrogens is 4. The maximum Gasteiger partial charge on any atom is 0.162 e. The molecule has 0 saturated heterocycles. The Balaban J connectivity index is 2.71. The topological polar surface area (TPSA) is 43.6 Å². The van der Waals surface area contributed by atoms with Crippen LogP contribution in [0.2, 0.25) is 10.2 Å². The minimum absolute atomic E-state index is 0.205. The SMILES string of the molecule is Cc1nn(-c2ncnc(Cl)c2C(C)C)c(C)c1Cl. The van der Waals surface area contributed by atoms with Crippen molar-refractivity contribution in [3.63, 3.8) is 0 Å². The van der Waals surface area contributed by atoms with E-state index in [1.165, 1.54) is 6.33 Å². The first-order chi connectivity index (χ1) is 8.43. The van der Waals surface area contributed by atoms with Crippen molar-refractivity contribution in [2.45, 2.75) is 33.6 Å². The van der Waals surface area contributed by atoms with Crippen molar-refractivity contribution in [1.82, 2.24) is 19.7 Å². The number of nitrogens with zero attached hydrogens (tertiary/aromatic N) is 4. The van der Waals surface area contributed by atoms with Crippen molar-refractivity contribution in [3.8, 4) is 5.82 Å². The van der Waals surface area contributed by atoms with Crippen LogP contribution in [0.1, 0.15) is 36.7 Å². The molecule has 0 aliphatic heterocycles. The minimum atomic E-state index is 0.205. The van der Waals surface area contributed by atoms with E-state index in [1.54, 1.807) is 4.68 Å². The summed E-state index contributed by atoms with van der Waals surface area (Å²) in [5, 5.41) is 5.51. The molecule has 2 aromatic heterocycles. The van der Waals surface area contributed by atoms with E-state index in [0.29, 0.717) is 16.0 Å². The average molecular weight is 285 g/mol. The van der Waals surface area contributed by atoms with Gasteiger partial charge in [0.1, 0.15) is 11.5 Å². The highest BCUT2D eigenvalue weighted by molar-refractivity contribution is 6.32. The Labute approximate surface area is 116 Å². The van der Waals surface area contributed by atoms with Gasteiger partial charge in [-0.05, 0) is 19.8 Å². The summed E-state index contributed by atoms with van der Waals surface area (Å²) in [5.74, 6) is 0.897. The van der Waals surface area contributed by atoms with E-state index in [0.717, 1.165) is 17.0 Å². The van der Waals surface area contributed by atoms with Crippen LogP contribution in [0.5, 0.6) is 0 Å². The van der Waals surface area contributed by atoms with Crippen molar-refractivity contribution in [1.29, 1.82) is 0 Å². The van der Waals surface area contributed by atoms with Gasteiger partial charge in [0.05, 0.1) is 16.4 Å². The molecule has 0 bridgehead atoms. The summed E-state index contributed by atoms with van der Waals surface area (Å²) in [5.41, 5.74) is 2.51. The quantitative estimate of drug-likeness (QED) is 0.790. The lowest BCUT2D eigenvalue weighted by molar-refractivity contribution is 0.752. The van der Waals surface area contributed by atoms with Crippen LogP contribution in [-0.2, 0) is 0 Å². The average Bonchev–Trinajstić information content (AvgIpc) is 2.56. The molecule has 0 atom stereocenters. The number of rotatable bonds is 2. The summed E-state index contributed by atoms with van der Waals surface area (Å²) in [6.07, 6.45) is 1.44. The van der Waals surface area contributed by atoms with Crippen LogP contribution in [0.25, 0.3) is 5.82 Å². The van der Waals surface area contributed by atoms with Gasteiger partial charge in [-0.25, -0.2) is 14.6 Å². The highest BCUT2D eigenvalue weighted by Gasteiger charge is 2.19. The van der Waals surface area contributed by atoms with Gasteiger partial charge in [0.2, 0.25) is 0 Å². The molecule has 0 aliphatic carbocycles. The Morgan fingerprint density at radius 3 is 2.33 bits per heavy atom. The fraction of sp³-hybridized carbons (Fsp3) is 0.417. The molecule has 2 rings (SSSR count). The molecule has 0 spiro atoms. The van der Waals surface area contributed by atoms with Gasteiger partial charge >= 0.3 is 0 Å². The van der Waals surface area contributed by atoms with E-state index >= 15 is 0 Å². The molecule has 0 fully saturated rings. The maximum atomic E-state index is 6.16. The number of halogens is 2. The molecule has 0 amide bonds. The molecule has 96 valence electrons. The predicted octanol–water partition coefficient (Wildman–Crippen LogP) is 3.71. The molecule has 0 aliphatic rings. The number of hydrogen-bond donors (Lipinski definition) is 0. The van der Waals surface area contributed by atoms with Gasteiger partial charge in [0.15, 0.2) is 5.82 Å². The second-order valence-corrected chi connectivity index (χ2v) is 5.19. The van der Waals surface area contributed by atoms with Gasteiger partial charge in [0, 0.05) is 5.56 Å². The van der Waals surface area contributed by atoms with Gasteiger partial charge < -0.3 is 0 Å². The summed E-state index contributed by atoms with van der Waals surface area (Å²) in [7, 11) is 0. The Morgan fingerprint density at radius 2 is 1.83 bits per heavy atom. The summed E-state index contributed by atoms with van der Waals surface area (Å²) in [6, 6.07) is 0. The second kappa shape index (κ2) is 4.86. The zero-order chi connectivity index (χ0) is 13.4. The van der Waals surface area contributed by atoms with E-state index in [4.69, 9.17) is 23.2 Å². The van der Waals surface area contributed by atoms with Gasteiger partial charge in [-0.3, -0.25) is 0 Å². The van der Waals surface area contributed by atoms with E-state index in [-0.39, 0.29) is 5.92 Å². The Bertz CT molecular complexity index is 590. The molecule has 0 saturated carbocycles. The molecule has 2 heterocycles. The summed E-state index contributed by atoms with van der Waals surface area (Å²) < 4.78 is 1.72. The molecule has 6 heteroatoms. The lowest BCUT2D eigenvalue weighted by Crippen LogP contribution is -2.09. The van der Waals surface area contributed by atoms with Crippen LogP contribution in [0.3, 0.4) is 0 Å². The predicted molar refractivity (Wildman–Crippen MR) is 72.7 cm³/mol. The maximum absolute atomic E-state index is 6.16. The number of aryl methyl sites for hydroxylation is 1. The fourth-order valence-electron chi connectivity index (χ4n) is 1.86. The zero-order valence-corrected chi connectivity index (χ0v) is 12.2. The molecule has 0 N–H and O–H groups in total. The van der Waals surface area contributed by atoms with Crippen LogP contribution in [-0.4, -0.2) is 19.7 Å². The van der Waals surface area contributed by atoms with Crippen LogP contribution in [0.15, 0.2) is 6.33 Å². The monoisotopic (exact) mass is 284 g/mol. The van der Waals surface area contributed by atoms with Crippen LogP contribution in [0.4, 0.5) is 0 Å². The standard InChI is InChI=1S/C12H14Cl2N4/c1-6(2)9-11(14)15-5-16-12(9)18-8(4)10(13)7(3)17-18/h5-6H,1-4H3. The Morgan fingerprint density at radius 1 is 1.17 bits per heavy atom. The largest absolute Gasteiger partial charge is 0.224 e. The third-order valence-electron chi connectivity index (χ3n) is 2.80. The van der Waals surface area contributed by atoms with E-state index < -0.39 is 0 Å². The highest BCUT2D eigenvalue weighted by Crippen LogP contribution is 2.29. The van der Waals surface area contributed by atoms with E-state index in [9.17, 15) is 0 Å². The smallest absolute Gasteiger partial charge is 0.162 e. The molecule has 2 aromatic rings. The van der Waals surface area contributed by atoms with Gasteiger partial charge in [-0.15, -0.1) is 0 Å². The Kier molecular flexibility index (Phi) is 3.59. The minimum Gasteiger partial charge on any atom is -0.224 e. The van der Waals surface area contributed by atoms with Crippen molar-refractivity contribution < 1.29 is 0 Å². The van der Waals surface area contributed by atoms with Crippen molar-refractivity contribution in [3.05, 3.63) is 33.5 Å². The third kappa shape index (κ3) is 2.10. The van der Waals surface area contributed by atoms with Gasteiger partial charge in [-0.2, -0.15) is 5.10 Å². The lowest BCUT2D eigenvalue weighted by atomic mass is 10.1. The highest BCUT2D eigenvalue weighted by atomic mass is 35.5. The van der Waals surface area contributed by atoms with E-state index in [2.05, 4.69) is 15.1 Å². The van der Waals surface area contributed by atoms with Gasteiger partial charge in [-0.1, -0.05) is 37.0 Å². The van der Waals surface area contributed by atoms with Crippen molar-refractivity contribution in [2.75, 3.05) is 0 Å². The summed E-state index contributed by atoms with van der Waals surface area (Å²) in [6.45, 7) is 7.86. The van der Waals surface area contributed by atoms with Crippen molar-refractivity contribution >= 4 is 23.2 Å².